The molecule has 0 unspecified atom stereocenters. The monoisotopic (exact) mass is 288 g/mol. The number of aryl methyl sites for hydroxylation is 1. The Hall–Kier alpha value is -1.81. The van der Waals surface area contributed by atoms with E-state index < -0.39 is 0 Å². The SMILES string of the molecule is C=CCN(C(=O)c1sc2c(C)cccc2c1N)C(C)C. The van der Waals surface area contributed by atoms with Crippen molar-refractivity contribution in [3.63, 3.8) is 0 Å². The van der Waals surface area contributed by atoms with Crippen molar-refractivity contribution in [1.29, 1.82) is 0 Å². The number of amides is 1. The van der Waals surface area contributed by atoms with Crippen LogP contribution >= 0.6 is 11.3 Å². The highest BCUT2D eigenvalue weighted by atomic mass is 32.1. The van der Waals surface area contributed by atoms with Crippen LogP contribution in [0.1, 0.15) is 29.1 Å². The van der Waals surface area contributed by atoms with Crippen molar-refractivity contribution in [2.45, 2.75) is 26.8 Å². The molecule has 0 bridgehead atoms. The molecule has 2 aromatic rings. The van der Waals surface area contributed by atoms with E-state index in [0.29, 0.717) is 17.1 Å². The molecule has 4 heteroatoms. The summed E-state index contributed by atoms with van der Waals surface area (Å²) in [5, 5.41) is 0.973. The molecule has 0 fully saturated rings. The van der Waals surface area contributed by atoms with E-state index in [1.54, 1.807) is 11.0 Å². The van der Waals surface area contributed by atoms with Gasteiger partial charge in [-0.2, -0.15) is 0 Å². The summed E-state index contributed by atoms with van der Waals surface area (Å²) in [6.07, 6.45) is 1.74. The molecule has 1 aromatic heterocycles. The minimum atomic E-state index is -0.0157. The van der Waals surface area contributed by atoms with Crippen molar-refractivity contribution in [2.75, 3.05) is 12.3 Å². The van der Waals surface area contributed by atoms with Gasteiger partial charge in [0.1, 0.15) is 4.88 Å². The maximum absolute atomic E-state index is 12.7. The summed E-state index contributed by atoms with van der Waals surface area (Å²) in [5.41, 5.74) is 7.92. The Labute approximate surface area is 123 Å². The lowest BCUT2D eigenvalue weighted by molar-refractivity contribution is 0.0735. The maximum Gasteiger partial charge on any atom is 0.266 e. The third kappa shape index (κ3) is 2.43. The number of fused-ring (bicyclic) bond motifs is 1. The number of carbonyl (C=O) groups is 1. The van der Waals surface area contributed by atoms with E-state index in [9.17, 15) is 4.79 Å². The van der Waals surface area contributed by atoms with Crippen LogP contribution in [0.5, 0.6) is 0 Å². The number of rotatable bonds is 4. The fourth-order valence-electron chi connectivity index (χ4n) is 2.24. The lowest BCUT2D eigenvalue weighted by Crippen LogP contribution is -2.36. The number of nitrogens with zero attached hydrogens (tertiary/aromatic N) is 1. The summed E-state index contributed by atoms with van der Waals surface area (Å²) in [6, 6.07) is 6.10. The summed E-state index contributed by atoms with van der Waals surface area (Å²) in [4.78, 5) is 15.1. The zero-order valence-electron chi connectivity index (χ0n) is 12.1. The first-order chi connectivity index (χ1) is 9.47. The Balaban J connectivity index is 2.52. The smallest absolute Gasteiger partial charge is 0.266 e. The van der Waals surface area contributed by atoms with Crippen LogP contribution in [0, 0.1) is 6.92 Å². The van der Waals surface area contributed by atoms with Gasteiger partial charge in [-0.1, -0.05) is 24.3 Å². The minimum Gasteiger partial charge on any atom is -0.397 e. The molecule has 2 rings (SSSR count). The second-order valence-electron chi connectivity index (χ2n) is 5.14. The van der Waals surface area contributed by atoms with E-state index in [2.05, 4.69) is 6.58 Å². The molecule has 106 valence electrons. The van der Waals surface area contributed by atoms with Gasteiger partial charge in [-0.3, -0.25) is 4.79 Å². The van der Waals surface area contributed by atoms with E-state index in [0.717, 1.165) is 15.6 Å². The van der Waals surface area contributed by atoms with E-state index in [1.807, 2.05) is 39.0 Å². The Morgan fingerprint density at radius 2 is 2.20 bits per heavy atom. The summed E-state index contributed by atoms with van der Waals surface area (Å²) >= 11 is 1.48. The largest absolute Gasteiger partial charge is 0.397 e. The zero-order valence-corrected chi connectivity index (χ0v) is 13.0. The van der Waals surface area contributed by atoms with Gasteiger partial charge in [0.15, 0.2) is 0 Å². The molecular weight excluding hydrogens is 268 g/mol. The van der Waals surface area contributed by atoms with Crippen molar-refractivity contribution < 1.29 is 4.79 Å². The molecule has 0 atom stereocenters. The van der Waals surface area contributed by atoms with Gasteiger partial charge in [0.05, 0.1) is 5.69 Å². The van der Waals surface area contributed by atoms with E-state index in [4.69, 9.17) is 5.73 Å². The first kappa shape index (κ1) is 14.6. The quantitative estimate of drug-likeness (QED) is 0.869. The van der Waals surface area contributed by atoms with Gasteiger partial charge in [-0.15, -0.1) is 17.9 Å². The molecule has 3 nitrogen and oxygen atoms in total. The van der Waals surface area contributed by atoms with Gasteiger partial charge >= 0.3 is 0 Å². The molecule has 1 amide bonds. The molecule has 0 aliphatic heterocycles. The highest BCUT2D eigenvalue weighted by molar-refractivity contribution is 7.21. The molecule has 0 aliphatic carbocycles. The van der Waals surface area contributed by atoms with E-state index in [1.165, 1.54) is 11.3 Å². The first-order valence-electron chi connectivity index (χ1n) is 6.66. The summed E-state index contributed by atoms with van der Waals surface area (Å²) in [7, 11) is 0. The number of thiophene rings is 1. The lowest BCUT2D eigenvalue weighted by atomic mass is 10.1. The normalized spacial score (nSPS) is 11.0. The van der Waals surface area contributed by atoms with Gasteiger partial charge in [0.25, 0.3) is 5.91 Å². The number of benzene rings is 1. The van der Waals surface area contributed by atoms with Crippen molar-refractivity contribution in [1.82, 2.24) is 4.90 Å². The number of nitrogens with two attached hydrogens (primary N) is 1. The average molecular weight is 288 g/mol. The van der Waals surface area contributed by atoms with Gasteiger partial charge in [-0.25, -0.2) is 0 Å². The molecule has 1 heterocycles. The van der Waals surface area contributed by atoms with Crippen LogP contribution < -0.4 is 5.73 Å². The Bertz CT molecular complexity index is 658. The second-order valence-corrected chi connectivity index (χ2v) is 6.16. The van der Waals surface area contributed by atoms with Gasteiger partial charge in [0.2, 0.25) is 0 Å². The summed E-state index contributed by atoms with van der Waals surface area (Å²) < 4.78 is 1.09. The molecule has 0 aliphatic rings. The molecule has 0 radical (unpaired) electrons. The standard InChI is InChI=1S/C16H20N2OS/c1-5-9-18(10(2)3)16(19)15-13(17)12-8-6-7-11(4)14(12)20-15/h5-8,10H,1,9,17H2,2-4H3. The Morgan fingerprint density at radius 1 is 1.50 bits per heavy atom. The average Bonchev–Trinajstić information content (AvgIpc) is 2.74. The second kappa shape index (κ2) is 5.67. The van der Waals surface area contributed by atoms with Crippen molar-refractivity contribution in [3.8, 4) is 0 Å². The fraction of sp³-hybridized carbons (Fsp3) is 0.312. The lowest BCUT2D eigenvalue weighted by Gasteiger charge is -2.25. The summed E-state index contributed by atoms with van der Waals surface area (Å²) in [6.45, 7) is 10.3. The van der Waals surface area contributed by atoms with Gasteiger partial charge in [-0.05, 0) is 26.3 Å². The number of hydrogen-bond acceptors (Lipinski definition) is 3. The third-order valence-corrected chi connectivity index (χ3v) is 4.70. The molecule has 2 N–H and O–H groups in total. The van der Waals surface area contributed by atoms with Crippen molar-refractivity contribution in [3.05, 3.63) is 41.3 Å². The van der Waals surface area contributed by atoms with Crippen molar-refractivity contribution >= 4 is 33.0 Å². The molecule has 0 saturated heterocycles. The van der Waals surface area contributed by atoms with Crippen LogP contribution in [0.2, 0.25) is 0 Å². The predicted molar refractivity (Wildman–Crippen MR) is 87.3 cm³/mol. The number of nitrogen functional groups attached to an aromatic ring is 1. The van der Waals surface area contributed by atoms with Crippen LogP contribution in [0.25, 0.3) is 10.1 Å². The topological polar surface area (TPSA) is 46.3 Å². The molecular formula is C16H20N2OS. The van der Waals surface area contributed by atoms with Crippen LogP contribution in [0.4, 0.5) is 5.69 Å². The Kier molecular flexibility index (Phi) is 4.14. The highest BCUT2D eigenvalue weighted by Crippen LogP contribution is 2.36. The number of carbonyl (C=O) groups excluding carboxylic acids is 1. The van der Waals surface area contributed by atoms with Crippen LogP contribution in [-0.4, -0.2) is 23.4 Å². The van der Waals surface area contributed by atoms with Crippen molar-refractivity contribution in [2.24, 2.45) is 0 Å². The highest BCUT2D eigenvalue weighted by Gasteiger charge is 2.23. The molecule has 0 saturated carbocycles. The molecule has 0 spiro atoms. The van der Waals surface area contributed by atoms with Crippen LogP contribution in [0.15, 0.2) is 30.9 Å². The zero-order chi connectivity index (χ0) is 14.9. The predicted octanol–water partition coefficient (Wildman–Crippen LogP) is 3.83. The maximum atomic E-state index is 12.7. The first-order valence-corrected chi connectivity index (χ1v) is 7.48. The van der Waals surface area contributed by atoms with Crippen LogP contribution in [0.3, 0.4) is 0 Å². The van der Waals surface area contributed by atoms with Crippen LogP contribution in [-0.2, 0) is 0 Å². The van der Waals surface area contributed by atoms with Gasteiger partial charge in [0, 0.05) is 22.7 Å². The number of anilines is 1. The third-order valence-electron chi connectivity index (χ3n) is 3.36. The number of hydrogen-bond donors (Lipinski definition) is 1. The molecule has 1 aromatic carbocycles. The van der Waals surface area contributed by atoms with E-state index >= 15 is 0 Å². The molecule has 20 heavy (non-hydrogen) atoms. The summed E-state index contributed by atoms with van der Waals surface area (Å²) in [5.74, 6) is -0.0157. The fourth-order valence-corrected chi connectivity index (χ4v) is 3.38. The van der Waals surface area contributed by atoms with E-state index in [-0.39, 0.29) is 11.9 Å². The van der Waals surface area contributed by atoms with Gasteiger partial charge < -0.3 is 10.6 Å². The minimum absolute atomic E-state index is 0.0157. The Morgan fingerprint density at radius 3 is 2.75 bits per heavy atom.